The van der Waals surface area contributed by atoms with Crippen LogP contribution in [0.5, 0.6) is 0 Å². The fourth-order valence-corrected chi connectivity index (χ4v) is 2.35. The predicted octanol–water partition coefficient (Wildman–Crippen LogP) is 7.67. The normalized spacial score (nSPS) is 11.8. The topological polar surface area (TPSA) is 111 Å². The maximum atomic E-state index is 5.54. The zero-order chi connectivity index (χ0) is 39.3. The lowest BCUT2D eigenvalue weighted by molar-refractivity contribution is -0.204. The van der Waals surface area contributed by atoms with Crippen molar-refractivity contribution in [2.45, 2.75) is 99.0 Å². The Labute approximate surface area is 304 Å². The lowest BCUT2D eigenvalue weighted by Crippen LogP contribution is -2.26. The number of hydrogen-bond acceptors (Lipinski definition) is 12. The van der Waals surface area contributed by atoms with Gasteiger partial charge in [-0.05, 0) is 66.5 Å². The van der Waals surface area contributed by atoms with Crippen LogP contribution in [0.1, 0.15) is 66.5 Å². The molecule has 2 aromatic carbocycles. The van der Waals surface area contributed by atoms with Crippen LogP contribution in [0.3, 0.4) is 0 Å². The quantitative estimate of drug-likeness (QED) is 0.150. The number of rotatable bonds is 17. The monoisotopic (exact) mass is 721 g/mol. The SMILES string of the molecule is CCOC(C)OC.COC(C)(C)OC.COC(C)(C)OCc1ccccc1.COC(C)OC.COC(C)OCc1ccccc1.COCOC. The van der Waals surface area contributed by atoms with Crippen molar-refractivity contribution in [3.63, 3.8) is 0 Å². The molecule has 0 aromatic heterocycles. The molecule has 2 atom stereocenters. The summed E-state index contributed by atoms with van der Waals surface area (Å²) < 4.78 is 58.7. The Morgan fingerprint density at radius 3 is 1.08 bits per heavy atom. The van der Waals surface area contributed by atoms with E-state index < -0.39 is 11.6 Å². The molecule has 0 fully saturated rings. The van der Waals surface area contributed by atoms with E-state index >= 15 is 0 Å². The standard InChI is InChI=1S/C11H16O2.C10H14O2.2C5H12O2.C4H10O2.C3H8O2/c1-11(2,12-3)13-9-10-7-5-4-6-8-10;1-9(11-2)12-8-10-6-4-3-5-7-10;1-5(2,6-3)7-4;1-4-7-5(2)6-3;1-4(5-2)6-3;1-4-3-5-2/h4-8H,9H2,1-3H3;3-7,9H,8H2,1-2H3;1-4H3;5H,4H2,1-3H3;4H,1-3H3;3H2,1-2H3. The van der Waals surface area contributed by atoms with Crippen molar-refractivity contribution in [2.75, 3.05) is 77.4 Å². The van der Waals surface area contributed by atoms with E-state index in [1.807, 2.05) is 116 Å². The van der Waals surface area contributed by atoms with Crippen molar-refractivity contribution in [1.29, 1.82) is 0 Å². The van der Waals surface area contributed by atoms with Gasteiger partial charge >= 0.3 is 0 Å². The summed E-state index contributed by atoms with van der Waals surface area (Å²) in [5.41, 5.74) is 2.33. The van der Waals surface area contributed by atoms with E-state index in [9.17, 15) is 0 Å². The average molecular weight is 721 g/mol. The smallest absolute Gasteiger partial charge is 0.162 e. The van der Waals surface area contributed by atoms with E-state index in [4.69, 9.17) is 37.9 Å². The number of methoxy groups -OCH3 is 9. The Morgan fingerprint density at radius 1 is 0.480 bits per heavy atom. The van der Waals surface area contributed by atoms with E-state index in [-0.39, 0.29) is 18.9 Å². The highest BCUT2D eigenvalue weighted by Crippen LogP contribution is 2.13. The molecule has 0 N–H and O–H groups in total. The van der Waals surface area contributed by atoms with Crippen LogP contribution in [0, 0.1) is 0 Å². The summed E-state index contributed by atoms with van der Waals surface area (Å²) in [6, 6.07) is 20.1. The van der Waals surface area contributed by atoms with Gasteiger partial charge in [0.25, 0.3) is 0 Å². The molecule has 0 amide bonds. The van der Waals surface area contributed by atoms with Gasteiger partial charge < -0.3 is 56.8 Å². The second-order valence-electron chi connectivity index (χ2n) is 10.8. The molecule has 0 aliphatic carbocycles. The third-order valence-corrected chi connectivity index (χ3v) is 6.20. The minimum absolute atomic E-state index is 0.0509. The van der Waals surface area contributed by atoms with Crippen LogP contribution >= 0.6 is 0 Å². The van der Waals surface area contributed by atoms with Gasteiger partial charge in [0.2, 0.25) is 0 Å². The highest BCUT2D eigenvalue weighted by atomic mass is 16.7. The zero-order valence-corrected chi connectivity index (χ0v) is 34.2. The van der Waals surface area contributed by atoms with Gasteiger partial charge in [-0.2, -0.15) is 0 Å². The van der Waals surface area contributed by atoms with Crippen LogP contribution in [0.4, 0.5) is 0 Å². The summed E-state index contributed by atoms with van der Waals surface area (Å²) in [6.07, 6.45) is -0.250. The van der Waals surface area contributed by atoms with Gasteiger partial charge in [0, 0.05) is 70.6 Å². The third-order valence-electron chi connectivity index (χ3n) is 6.20. The van der Waals surface area contributed by atoms with Crippen molar-refractivity contribution in [2.24, 2.45) is 0 Å². The first-order chi connectivity index (χ1) is 23.6. The largest absolute Gasteiger partial charge is 0.359 e. The highest BCUT2D eigenvalue weighted by molar-refractivity contribution is 5.14. The summed E-state index contributed by atoms with van der Waals surface area (Å²) >= 11 is 0. The molecule has 0 spiro atoms. The summed E-state index contributed by atoms with van der Waals surface area (Å²) in [6.45, 7) is 17.3. The Kier molecular flexibility index (Phi) is 41.8. The molecule has 0 aliphatic rings. The minimum atomic E-state index is -0.504. The Morgan fingerprint density at radius 2 is 0.840 bits per heavy atom. The summed E-state index contributed by atoms with van der Waals surface area (Å²) in [7, 11) is 14.5. The lowest BCUT2D eigenvalue weighted by Gasteiger charge is -2.23. The van der Waals surface area contributed by atoms with Crippen molar-refractivity contribution in [3.05, 3.63) is 71.8 Å². The maximum absolute atomic E-state index is 5.54. The zero-order valence-electron chi connectivity index (χ0n) is 34.2. The first-order valence-electron chi connectivity index (χ1n) is 16.3. The average Bonchev–Trinajstić information content (AvgIpc) is 3.15. The first kappa shape index (κ1) is 54.7. The van der Waals surface area contributed by atoms with Crippen LogP contribution in [0.2, 0.25) is 0 Å². The predicted molar refractivity (Wildman–Crippen MR) is 199 cm³/mol. The number of hydrogen-bond donors (Lipinski definition) is 0. The molecule has 2 rings (SSSR count). The van der Waals surface area contributed by atoms with Crippen LogP contribution in [-0.4, -0.2) is 108 Å². The van der Waals surface area contributed by atoms with Crippen LogP contribution < -0.4 is 0 Å². The van der Waals surface area contributed by atoms with Crippen LogP contribution in [-0.2, 0) is 70.1 Å². The molecule has 0 bridgehead atoms. The van der Waals surface area contributed by atoms with E-state index in [1.165, 1.54) is 5.56 Å². The van der Waals surface area contributed by atoms with E-state index in [0.717, 1.165) is 12.2 Å². The van der Waals surface area contributed by atoms with E-state index in [2.05, 4.69) is 18.9 Å². The van der Waals surface area contributed by atoms with Gasteiger partial charge in [0.05, 0.1) is 13.2 Å². The molecule has 0 saturated carbocycles. The van der Waals surface area contributed by atoms with E-state index in [1.54, 1.807) is 64.0 Å². The molecule has 0 heterocycles. The third kappa shape index (κ3) is 42.1. The molecule has 0 saturated heterocycles. The molecule has 12 heteroatoms. The molecule has 50 heavy (non-hydrogen) atoms. The number of benzene rings is 2. The molecule has 0 radical (unpaired) electrons. The molecule has 2 aromatic rings. The molecular formula is C38H72O12. The minimum Gasteiger partial charge on any atom is -0.359 e. The van der Waals surface area contributed by atoms with Crippen LogP contribution in [0.15, 0.2) is 60.7 Å². The number of ether oxygens (including phenoxy) is 12. The second-order valence-corrected chi connectivity index (χ2v) is 10.8. The van der Waals surface area contributed by atoms with E-state index in [0.29, 0.717) is 20.0 Å². The molecule has 12 nitrogen and oxygen atoms in total. The van der Waals surface area contributed by atoms with Gasteiger partial charge in [0.15, 0.2) is 30.4 Å². The molecule has 0 aliphatic heterocycles. The Bertz CT molecular complexity index is 889. The molecular weight excluding hydrogens is 648 g/mol. The fourth-order valence-electron chi connectivity index (χ4n) is 2.35. The van der Waals surface area contributed by atoms with Gasteiger partial charge in [-0.15, -0.1) is 0 Å². The van der Waals surface area contributed by atoms with Crippen molar-refractivity contribution < 1.29 is 56.8 Å². The van der Waals surface area contributed by atoms with Gasteiger partial charge in [-0.25, -0.2) is 0 Å². The lowest BCUT2D eigenvalue weighted by atomic mass is 10.2. The molecule has 2 unspecified atom stereocenters. The van der Waals surface area contributed by atoms with Crippen LogP contribution in [0.25, 0.3) is 0 Å². The van der Waals surface area contributed by atoms with Crippen molar-refractivity contribution in [1.82, 2.24) is 0 Å². The summed E-state index contributed by atoms with van der Waals surface area (Å²) in [4.78, 5) is 0. The van der Waals surface area contributed by atoms with Crippen molar-refractivity contribution >= 4 is 0 Å². The Hall–Kier alpha value is -2.04. The first-order valence-corrected chi connectivity index (χ1v) is 16.3. The maximum Gasteiger partial charge on any atom is 0.162 e. The second kappa shape index (κ2) is 38.2. The van der Waals surface area contributed by atoms with Gasteiger partial charge in [-0.3, -0.25) is 0 Å². The fraction of sp³-hybridized carbons (Fsp3) is 0.684. The Balaban J connectivity index is -0.000000264. The van der Waals surface area contributed by atoms with Gasteiger partial charge in [-0.1, -0.05) is 60.7 Å². The molecule has 296 valence electrons. The summed E-state index contributed by atoms with van der Waals surface area (Å²) in [5, 5.41) is 0. The summed E-state index contributed by atoms with van der Waals surface area (Å²) in [5.74, 6) is -0.921. The van der Waals surface area contributed by atoms with Crippen molar-refractivity contribution in [3.8, 4) is 0 Å². The highest BCUT2D eigenvalue weighted by Gasteiger charge is 2.16. The van der Waals surface area contributed by atoms with Gasteiger partial charge in [0.1, 0.15) is 6.79 Å².